The van der Waals surface area contributed by atoms with Crippen LogP contribution in [-0.2, 0) is 14.8 Å². The molecule has 1 fully saturated rings. The van der Waals surface area contributed by atoms with Crippen molar-refractivity contribution in [2.45, 2.75) is 17.4 Å². The minimum absolute atomic E-state index is 0.0787. The molecule has 1 saturated heterocycles. The molecule has 0 aliphatic carbocycles. The summed E-state index contributed by atoms with van der Waals surface area (Å²) in [7, 11) is 0.398. The summed E-state index contributed by atoms with van der Waals surface area (Å²) in [5, 5.41) is 0. The van der Waals surface area contributed by atoms with Gasteiger partial charge in [0, 0.05) is 18.3 Å². The van der Waals surface area contributed by atoms with E-state index in [1.807, 2.05) is 0 Å². The minimum atomic E-state index is -3.99. The lowest BCUT2D eigenvalue weighted by molar-refractivity contribution is -0.118. The standard InChI is InChI=1S/C19H22N2O6S/c1-25-14-6-4-13(5-7-14)21-11-10-16(19(21)22)20-28(23,24)18-12-15(26-2)8-9-17(18)27-3/h4-9,12,16,20H,10-11H2,1-3H3/t16-/m1/s1. The molecule has 2 aromatic carbocycles. The van der Waals surface area contributed by atoms with Gasteiger partial charge in [-0.3, -0.25) is 4.79 Å². The summed E-state index contributed by atoms with van der Waals surface area (Å²) in [4.78, 5) is 14.2. The zero-order valence-electron chi connectivity index (χ0n) is 15.8. The maximum Gasteiger partial charge on any atom is 0.245 e. The number of hydrogen-bond acceptors (Lipinski definition) is 6. The van der Waals surface area contributed by atoms with Gasteiger partial charge in [0.25, 0.3) is 0 Å². The van der Waals surface area contributed by atoms with E-state index in [0.29, 0.717) is 30.2 Å². The Morgan fingerprint density at radius 3 is 2.21 bits per heavy atom. The number of ether oxygens (including phenoxy) is 3. The zero-order chi connectivity index (χ0) is 20.3. The molecule has 150 valence electrons. The second kappa shape index (κ2) is 8.07. The van der Waals surface area contributed by atoms with E-state index in [1.165, 1.54) is 26.4 Å². The molecule has 28 heavy (non-hydrogen) atoms. The van der Waals surface area contributed by atoms with Crippen LogP contribution >= 0.6 is 0 Å². The molecule has 1 aliphatic heterocycles. The lowest BCUT2D eigenvalue weighted by Gasteiger charge is -2.18. The molecule has 1 atom stereocenters. The first-order chi connectivity index (χ1) is 13.4. The fourth-order valence-electron chi connectivity index (χ4n) is 3.05. The SMILES string of the molecule is COc1ccc(N2CC[C@@H](NS(=O)(=O)c3cc(OC)ccc3OC)C2=O)cc1. The monoisotopic (exact) mass is 406 g/mol. The number of amides is 1. The van der Waals surface area contributed by atoms with Crippen LogP contribution in [0.5, 0.6) is 17.2 Å². The van der Waals surface area contributed by atoms with E-state index in [-0.39, 0.29) is 16.6 Å². The average Bonchev–Trinajstić information content (AvgIpc) is 3.07. The first-order valence-electron chi connectivity index (χ1n) is 8.59. The smallest absolute Gasteiger partial charge is 0.245 e. The first-order valence-corrected chi connectivity index (χ1v) is 10.1. The summed E-state index contributed by atoms with van der Waals surface area (Å²) in [6.07, 6.45) is 0.358. The predicted molar refractivity (Wildman–Crippen MR) is 104 cm³/mol. The largest absolute Gasteiger partial charge is 0.497 e. The third-order valence-corrected chi connectivity index (χ3v) is 6.04. The molecular weight excluding hydrogens is 384 g/mol. The molecule has 2 aromatic rings. The Hall–Kier alpha value is -2.78. The van der Waals surface area contributed by atoms with Crippen LogP contribution < -0.4 is 23.8 Å². The Morgan fingerprint density at radius 2 is 1.61 bits per heavy atom. The molecule has 1 amide bonds. The van der Waals surface area contributed by atoms with Gasteiger partial charge in [0.1, 0.15) is 28.2 Å². The van der Waals surface area contributed by atoms with Gasteiger partial charge >= 0.3 is 0 Å². The Labute approximate surface area is 164 Å². The van der Waals surface area contributed by atoms with Gasteiger partial charge in [-0.15, -0.1) is 0 Å². The molecule has 0 bridgehead atoms. The minimum Gasteiger partial charge on any atom is -0.497 e. The average molecular weight is 406 g/mol. The summed E-state index contributed by atoms with van der Waals surface area (Å²) in [5.41, 5.74) is 0.687. The van der Waals surface area contributed by atoms with E-state index in [4.69, 9.17) is 14.2 Å². The Morgan fingerprint density at radius 1 is 0.964 bits per heavy atom. The van der Waals surface area contributed by atoms with Crippen LogP contribution in [-0.4, -0.2) is 48.2 Å². The number of methoxy groups -OCH3 is 3. The lowest BCUT2D eigenvalue weighted by Crippen LogP contribution is -2.41. The fraction of sp³-hybridized carbons (Fsp3) is 0.316. The van der Waals surface area contributed by atoms with Crippen LogP contribution in [0.3, 0.4) is 0 Å². The van der Waals surface area contributed by atoms with Gasteiger partial charge in [-0.25, -0.2) is 8.42 Å². The molecular formula is C19H22N2O6S. The number of rotatable bonds is 7. The van der Waals surface area contributed by atoms with Gasteiger partial charge in [0.05, 0.1) is 21.3 Å². The van der Waals surface area contributed by atoms with E-state index >= 15 is 0 Å². The highest BCUT2D eigenvalue weighted by molar-refractivity contribution is 7.89. The van der Waals surface area contributed by atoms with E-state index in [1.54, 1.807) is 42.3 Å². The second-order valence-corrected chi connectivity index (χ2v) is 7.85. The van der Waals surface area contributed by atoms with Crippen molar-refractivity contribution < 1.29 is 27.4 Å². The van der Waals surface area contributed by atoms with E-state index < -0.39 is 16.1 Å². The highest BCUT2D eigenvalue weighted by atomic mass is 32.2. The van der Waals surface area contributed by atoms with Crippen molar-refractivity contribution in [2.24, 2.45) is 0 Å². The summed E-state index contributed by atoms with van der Waals surface area (Å²) < 4.78 is 43.6. The molecule has 0 unspecified atom stereocenters. The lowest BCUT2D eigenvalue weighted by atomic mass is 10.2. The van der Waals surface area contributed by atoms with Crippen molar-refractivity contribution in [3.8, 4) is 17.2 Å². The normalized spacial score (nSPS) is 16.9. The molecule has 0 radical (unpaired) electrons. The van der Waals surface area contributed by atoms with Crippen molar-refractivity contribution in [1.82, 2.24) is 4.72 Å². The van der Waals surface area contributed by atoms with Crippen molar-refractivity contribution in [3.05, 3.63) is 42.5 Å². The third kappa shape index (κ3) is 3.90. The number of anilines is 1. The van der Waals surface area contributed by atoms with Crippen LogP contribution in [0, 0.1) is 0 Å². The third-order valence-electron chi connectivity index (χ3n) is 4.55. The Balaban J connectivity index is 1.81. The van der Waals surface area contributed by atoms with Crippen molar-refractivity contribution in [3.63, 3.8) is 0 Å². The van der Waals surface area contributed by atoms with Crippen LogP contribution in [0.1, 0.15) is 6.42 Å². The van der Waals surface area contributed by atoms with Crippen molar-refractivity contribution in [2.75, 3.05) is 32.8 Å². The van der Waals surface area contributed by atoms with Gasteiger partial charge in [-0.1, -0.05) is 0 Å². The maximum atomic E-state index is 12.9. The van der Waals surface area contributed by atoms with E-state index in [9.17, 15) is 13.2 Å². The van der Waals surface area contributed by atoms with Crippen LogP contribution in [0.25, 0.3) is 0 Å². The number of carbonyl (C=O) groups is 1. The van der Waals surface area contributed by atoms with Crippen molar-refractivity contribution >= 4 is 21.6 Å². The number of nitrogens with zero attached hydrogens (tertiary/aromatic N) is 1. The molecule has 0 saturated carbocycles. The Kier molecular flexibility index (Phi) is 5.76. The molecule has 1 aliphatic rings. The quantitative estimate of drug-likeness (QED) is 0.754. The van der Waals surface area contributed by atoms with Crippen molar-refractivity contribution in [1.29, 1.82) is 0 Å². The van der Waals surface area contributed by atoms with Gasteiger partial charge in [0.2, 0.25) is 15.9 Å². The molecule has 1 heterocycles. The van der Waals surface area contributed by atoms with Crippen LogP contribution in [0.4, 0.5) is 5.69 Å². The molecule has 8 nitrogen and oxygen atoms in total. The first kappa shape index (κ1) is 20.0. The Bertz CT molecular complexity index is 959. The number of sulfonamides is 1. The van der Waals surface area contributed by atoms with Gasteiger partial charge in [0.15, 0.2) is 0 Å². The van der Waals surface area contributed by atoms with Crippen LogP contribution in [0.2, 0.25) is 0 Å². The fourth-order valence-corrected chi connectivity index (χ4v) is 4.46. The molecule has 1 N–H and O–H groups in total. The summed E-state index contributed by atoms with van der Waals surface area (Å²) in [5.74, 6) is 0.915. The number of benzene rings is 2. The number of nitrogens with one attached hydrogen (secondary N) is 1. The van der Waals surface area contributed by atoms with Crippen LogP contribution in [0.15, 0.2) is 47.4 Å². The molecule has 0 spiro atoms. The second-order valence-electron chi connectivity index (χ2n) is 6.17. The number of hydrogen-bond donors (Lipinski definition) is 1. The summed E-state index contributed by atoms with van der Waals surface area (Å²) >= 11 is 0. The summed E-state index contributed by atoms with van der Waals surface area (Å²) in [6.45, 7) is 0.410. The van der Waals surface area contributed by atoms with Gasteiger partial charge in [-0.05, 0) is 42.8 Å². The van der Waals surface area contributed by atoms with Gasteiger partial charge < -0.3 is 19.1 Å². The predicted octanol–water partition coefficient (Wildman–Crippen LogP) is 1.80. The number of carbonyl (C=O) groups excluding carboxylic acids is 1. The summed E-state index contributed by atoms with van der Waals surface area (Å²) in [6, 6.07) is 10.6. The molecule has 9 heteroatoms. The topological polar surface area (TPSA) is 94.2 Å². The zero-order valence-corrected chi connectivity index (χ0v) is 16.7. The van der Waals surface area contributed by atoms with E-state index in [0.717, 1.165) is 0 Å². The highest BCUT2D eigenvalue weighted by Gasteiger charge is 2.36. The maximum absolute atomic E-state index is 12.9. The van der Waals surface area contributed by atoms with Gasteiger partial charge in [-0.2, -0.15) is 4.72 Å². The molecule has 0 aromatic heterocycles. The molecule has 3 rings (SSSR count). The highest BCUT2D eigenvalue weighted by Crippen LogP contribution is 2.30. The van der Waals surface area contributed by atoms with E-state index in [2.05, 4.69) is 4.72 Å².